The van der Waals surface area contributed by atoms with Crippen LogP contribution in [-0.2, 0) is 14.3 Å². The number of carbonyl (C=O) groups is 1. The van der Waals surface area contributed by atoms with Crippen LogP contribution >= 0.6 is 11.6 Å². The average Bonchev–Trinajstić information content (AvgIpc) is 3.11. The highest BCUT2D eigenvalue weighted by Gasteiger charge is 2.21. The molecule has 33 heavy (non-hydrogen) atoms. The Hall–Kier alpha value is -3.82. The van der Waals surface area contributed by atoms with Crippen LogP contribution in [0.5, 0.6) is 23.3 Å². The maximum Gasteiger partial charge on any atom is 0.263 e. The van der Waals surface area contributed by atoms with Gasteiger partial charge in [-0.15, -0.1) is 0 Å². The summed E-state index contributed by atoms with van der Waals surface area (Å²) in [5.41, 5.74) is 0.609. The molecule has 0 radical (unpaired) electrons. The number of allylic oxidation sites excluding steroid dienone is 1. The van der Waals surface area contributed by atoms with Crippen molar-refractivity contribution in [2.24, 2.45) is 4.99 Å². The SMILES string of the molecule is O=CN=C(C1=CCOCCO1)c1ccccc1Oc1ncnc(Oc2ccccc2Cl)c1F. The number of halogens is 2. The zero-order valence-electron chi connectivity index (χ0n) is 17.1. The lowest BCUT2D eigenvalue weighted by Crippen LogP contribution is -2.11. The number of hydrogen-bond acceptors (Lipinski definition) is 7. The fraction of sp³-hybridized carbons (Fsp3) is 0.130. The topological polar surface area (TPSA) is 92.1 Å². The summed E-state index contributed by atoms with van der Waals surface area (Å²) in [5.74, 6) is -0.915. The van der Waals surface area contributed by atoms with Crippen LogP contribution < -0.4 is 9.47 Å². The van der Waals surface area contributed by atoms with Crippen molar-refractivity contribution in [1.29, 1.82) is 0 Å². The Labute approximate surface area is 193 Å². The minimum atomic E-state index is -0.931. The molecule has 0 bridgehead atoms. The molecule has 8 nitrogen and oxygen atoms in total. The molecule has 2 heterocycles. The summed E-state index contributed by atoms with van der Waals surface area (Å²) in [6, 6.07) is 13.2. The molecule has 2 aromatic carbocycles. The molecule has 0 fully saturated rings. The van der Waals surface area contributed by atoms with Crippen molar-refractivity contribution >= 4 is 23.7 Å². The molecule has 1 amide bonds. The second kappa shape index (κ2) is 10.7. The summed E-state index contributed by atoms with van der Waals surface area (Å²) in [6.45, 7) is 0.975. The molecule has 10 heteroatoms. The van der Waals surface area contributed by atoms with Gasteiger partial charge in [0.15, 0.2) is 0 Å². The molecule has 4 rings (SSSR count). The van der Waals surface area contributed by atoms with Gasteiger partial charge in [0.25, 0.3) is 11.8 Å². The zero-order valence-corrected chi connectivity index (χ0v) is 17.9. The smallest absolute Gasteiger partial charge is 0.263 e. The van der Waals surface area contributed by atoms with E-state index >= 15 is 4.39 Å². The Bertz CT molecular complexity index is 1220. The first-order chi connectivity index (χ1) is 16.2. The first-order valence-electron chi connectivity index (χ1n) is 9.80. The molecular formula is C23H17ClFN3O5. The van der Waals surface area contributed by atoms with Crippen LogP contribution in [-0.4, -0.2) is 41.9 Å². The van der Waals surface area contributed by atoms with Crippen LogP contribution in [0.2, 0.25) is 5.02 Å². The Morgan fingerprint density at radius 1 is 1.03 bits per heavy atom. The summed E-state index contributed by atoms with van der Waals surface area (Å²) < 4.78 is 37.3. The molecule has 0 atom stereocenters. The minimum absolute atomic E-state index is 0.189. The van der Waals surface area contributed by atoms with Crippen LogP contribution in [0.15, 0.2) is 71.7 Å². The normalized spacial score (nSPS) is 14.0. The second-order valence-electron chi connectivity index (χ2n) is 6.50. The summed E-state index contributed by atoms with van der Waals surface area (Å²) >= 11 is 6.08. The number of aliphatic imine (C=N–C) groups is 1. The monoisotopic (exact) mass is 469 g/mol. The number of para-hydroxylation sites is 2. The molecule has 0 N–H and O–H groups in total. The number of aromatic nitrogens is 2. The molecular weight excluding hydrogens is 453 g/mol. The molecule has 1 aliphatic heterocycles. The number of amides is 1. The van der Waals surface area contributed by atoms with E-state index in [1.807, 2.05) is 0 Å². The zero-order chi connectivity index (χ0) is 23.0. The van der Waals surface area contributed by atoms with Crippen molar-refractivity contribution < 1.29 is 28.1 Å². The first kappa shape index (κ1) is 22.4. The van der Waals surface area contributed by atoms with E-state index in [1.54, 1.807) is 54.6 Å². The van der Waals surface area contributed by atoms with Gasteiger partial charge in [-0.2, -0.15) is 14.4 Å². The Morgan fingerprint density at radius 2 is 1.73 bits per heavy atom. The quantitative estimate of drug-likeness (QED) is 0.365. The predicted octanol–water partition coefficient (Wildman–Crippen LogP) is 4.73. The van der Waals surface area contributed by atoms with E-state index in [1.165, 1.54) is 0 Å². The highest BCUT2D eigenvalue weighted by Crippen LogP contribution is 2.34. The highest BCUT2D eigenvalue weighted by molar-refractivity contribution is 6.32. The molecule has 0 unspecified atom stereocenters. The summed E-state index contributed by atoms with van der Waals surface area (Å²) in [7, 11) is 0. The fourth-order valence-electron chi connectivity index (χ4n) is 2.94. The molecule has 1 aliphatic rings. The van der Waals surface area contributed by atoms with Gasteiger partial charge in [-0.25, -0.2) is 4.99 Å². The lowest BCUT2D eigenvalue weighted by Gasteiger charge is -2.15. The summed E-state index contributed by atoms with van der Waals surface area (Å²) in [5, 5.41) is 0.290. The molecule has 0 saturated carbocycles. The van der Waals surface area contributed by atoms with E-state index in [4.69, 9.17) is 30.5 Å². The second-order valence-corrected chi connectivity index (χ2v) is 6.91. The number of rotatable bonds is 7. The third-order valence-corrected chi connectivity index (χ3v) is 4.72. The van der Waals surface area contributed by atoms with Crippen LogP contribution in [0.25, 0.3) is 0 Å². The molecule has 3 aromatic rings. The van der Waals surface area contributed by atoms with Crippen molar-refractivity contribution in [3.8, 4) is 23.3 Å². The van der Waals surface area contributed by atoms with Crippen LogP contribution in [0.4, 0.5) is 4.39 Å². The predicted molar refractivity (Wildman–Crippen MR) is 117 cm³/mol. The molecule has 1 aromatic heterocycles. The summed E-state index contributed by atoms with van der Waals surface area (Å²) in [4.78, 5) is 22.8. The number of ether oxygens (including phenoxy) is 4. The summed E-state index contributed by atoms with van der Waals surface area (Å²) in [6.07, 6.45) is 3.15. The van der Waals surface area contributed by atoms with E-state index in [0.717, 1.165) is 6.33 Å². The third kappa shape index (κ3) is 5.33. The largest absolute Gasteiger partial charge is 0.489 e. The van der Waals surface area contributed by atoms with Gasteiger partial charge in [0.05, 0.1) is 18.2 Å². The molecule has 168 valence electrons. The molecule has 0 saturated heterocycles. The molecule has 0 spiro atoms. The van der Waals surface area contributed by atoms with Gasteiger partial charge >= 0.3 is 0 Å². The van der Waals surface area contributed by atoms with Gasteiger partial charge in [0.1, 0.15) is 35.9 Å². The Balaban J connectivity index is 1.67. The van der Waals surface area contributed by atoms with E-state index < -0.39 is 5.82 Å². The number of nitrogens with zero attached hydrogens (tertiary/aromatic N) is 3. The van der Waals surface area contributed by atoms with Crippen LogP contribution in [0.3, 0.4) is 0 Å². The number of hydrogen-bond donors (Lipinski definition) is 0. The fourth-order valence-corrected chi connectivity index (χ4v) is 3.11. The Kier molecular flexibility index (Phi) is 7.23. The lowest BCUT2D eigenvalue weighted by molar-refractivity contribution is -0.106. The maximum absolute atomic E-state index is 15.1. The van der Waals surface area contributed by atoms with Gasteiger partial charge in [0.2, 0.25) is 12.2 Å². The van der Waals surface area contributed by atoms with Crippen molar-refractivity contribution in [3.05, 3.63) is 83.1 Å². The Morgan fingerprint density at radius 3 is 2.48 bits per heavy atom. The molecule has 0 aliphatic carbocycles. The van der Waals surface area contributed by atoms with Crippen LogP contribution in [0, 0.1) is 5.82 Å². The van der Waals surface area contributed by atoms with Crippen molar-refractivity contribution in [1.82, 2.24) is 9.97 Å². The van der Waals surface area contributed by atoms with Gasteiger partial charge in [-0.3, -0.25) is 4.79 Å². The number of carbonyl (C=O) groups excluding carboxylic acids is 1. The first-order valence-corrected chi connectivity index (χ1v) is 10.2. The minimum Gasteiger partial charge on any atom is -0.489 e. The third-order valence-electron chi connectivity index (χ3n) is 4.40. The van der Waals surface area contributed by atoms with Gasteiger partial charge < -0.3 is 18.9 Å². The van der Waals surface area contributed by atoms with E-state index in [9.17, 15) is 4.79 Å². The van der Waals surface area contributed by atoms with Crippen molar-refractivity contribution in [2.75, 3.05) is 19.8 Å². The van der Waals surface area contributed by atoms with Crippen LogP contribution in [0.1, 0.15) is 5.56 Å². The maximum atomic E-state index is 15.1. The van der Waals surface area contributed by atoms with E-state index in [2.05, 4.69) is 15.0 Å². The van der Waals surface area contributed by atoms with Gasteiger partial charge in [-0.1, -0.05) is 35.9 Å². The lowest BCUT2D eigenvalue weighted by atomic mass is 10.1. The van der Waals surface area contributed by atoms with E-state index in [-0.39, 0.29) is 35.6 Å². The number of benzene rings is 2. The average molecular weight is 470 g/mol. The van der Waals surface area contributed by atoms with Gasteiger partial charge in [0, 0.05) is 5.56 Å². The standard InChI is InChI=1S/C23H17ClFN3O5/c24-16-6-2-4-8-18(16)33-23-20(25)22(26-13-27-23)32-17-7-3-1-5-15(17)21(28-14-29)19-9-10-30-11-12-31-19/h1-9,13-14H,10-12H2. The van der Waals surface area contributed by atoms with E-state index in [0.29, 0.717) is 36.0 Å². The van der Waals surface area contributed by atoms with Crippen molar-refractivity contribution in [3.63, 3.8) is 0 Å². The highest BCUT2D eigenvalue weighted by atomic mass is 35.5. The van der Waals surface area contributed by atoms with Gasteiger partial charge in [-0.05, 0) is 30.3 Å². The van der Waals surface area contributed by atoms with Crippen molar-refractivity contribution in [2.45, 2.75) is 0 Å².